The van der Waals surface area contributed by atoms with Crippen molar-refractivity contribution in [2.75, 3.05) is 13.1 Å². The summed E-state index contributed by atoms with van der Waals surface area (Å²) in [6, 6.07) is -1.88. The highest BCUT2D eigenvalue weighted by molar-refractivity contribution is 6.12. The van der Waals surface area contributed by atoms with Gasteiger partial charge in [-0.2, -0.15) is 13.2 Å². The van der Waals surface area contributed by atoms with E-state index in [1.807, 2.05) is 0 Å². The number of rotatable bonds is 4. The van der Waals surface area contributed by atoms with Crippen molar-refractivity contribution in [3.05, 3.63) is 11.3 Å². The molecule has 2 atom stereocenters. The second-order valence-electron chi connectivity index (χ2n) is 5.31. The molecule has 0 aliphatic carbocycles. The highest BCUT2D eigenvalue weighted by Crippen LogP contribution is 2.46. The summed E-state index contributed by atoms with van der Waals surface area (Å²) in [5, 5.41) is 18.4. The molecule has 2 unspecified atom stereocenters. The fourth-order valence-electron chi connectivity index (χ4n) is 2.66. The molecule has 11 heteroatoms. The molecule has 0 spiro atoms. The monoisotopic (exact) mass is 342 g/mol. The number of halogens is 5. The summed E-state index contributed by atoms with van der Waals surface area (Å²) in [7, 11) is 0. The van der Waals surface area contributed by atoms with Gasteiger partial charge in [-0.1, -0.05) is 0 Å². The SMILES string of the molecule is CC1(C(=O)O)C(C(F)F)=NC(C(F)(F)F)=C(C(=O)O)C1N1CC1. The summed E-state index contributed by atoms with van der Waals surface area (Å²) in [6.07, 6.45) is -8.88. The summed E-state index contributed by atoms with van der Waals surface area (Å²) in [6.45, 7) is 0.970. The van der Waals surface area contributed by atoms with Crippen molar-refractivity contribution < 1.29 is 41.8 Å². The molecule has 1 fully saturated rings. The molecule has 2 aliphatic heterocycles. The molecule has 2 aliphatic rings. The van der Waals surface area contributed by atoms with Crippen molar-refractivity contribution in [2.45, 2.75) is 25.6 Å². The molecule has 0 aromatic carbocycles. The second-order valence-corrected chi connectivity index (χ2v) is 5.31. The minimum Gasteiger partial charge on any atom is -0.480 e. The first-order valence-corrected chi connectivity index (χ1v) is 6.31. The zero-order valence-corrected chi connectivity index (χ0v) is 11.6. The summed E-state index contributed by atoms with van der Waals surface area (Å²) in [5.74, 6) is -3.91. The van der Waals surface area contributed by atoms with E-state index >= 15 is 0 Å². The Morgan fingerprint density at radius 2 is 1.83 bits per heavy atom. The number of hydrogen-bond donors (Lipinski definition) is 2. The molecule has 23 heavy (non-hydrogen) atoms. The number of allylic oxidation sites excluding steroid dienone is 1. The zero-order valence-electron chi connectivity index (χ0n) is 11.6. The van der Waals surface area contributed by atoms with Crippen LogP contribution in [-0.2, 0) is 9.59 Å². The molecular weight excluding hydrogens is 331 g/mol. The number of carboxylic acid groups (broad SMARTS) is 2. The van der Waals surface area contributed by atoms with Gasteiger partial charge < -0.3 is 10.2 Å². The van der Waals surface area contributed by atoms with Crippen molar-refractivity contribution in [1.29, 1.82) is 0 Å². The van der Waals surface area contributed by atoms with Crippen LogP contribution >= 0.6 is 0 Å². The predicted octanol–water partition coefficient (Wildman–Crippen LogP) is 1.38. The Balaban J connectivity index is 2.81. The van der Waals surface area contributed by atoms with Gasteiger partial charge in [-0.25, -0.2) is 18.6 Å². The topological polar surface area (TPSA) is 90.0 Å². The molecule has 2 heterocycles. The first-order valence-electron chi connectivity index (χ1n) is 6.31. The van der Waals surface area contributed by atoms with Crippen LogP contribution in [-0.4, -0.2) is 64.5 Å². The van der Waals surface area contributed by atoms with E-state index < -0.39 is 53.0 Å². The van der Waals surface area contributed by atoms with Crippen molar-refractivity contribution in [3.8, 4) is 0 Å². The third kappa shape index (κ3) is 2.69. The molecule has 2 N–H and O–H groups in total. The molecule has 6 nitrogen and oxygen atoms in total. The minimum absolute atomic E-state index is 0.103. The van der Waals surface area contributed by atoms with Crippen LogP contribution in [0, 0.1) is 5.41 Å². The summed E-state index contributed by atoms with van der Waals surface area (Å²) in [4.78, 5) is 26.6. The number of alkyl halides is 5. The Bertz CT molecular complexity index is 623. The van der Waals surface area contributed by atoms with Crippen molar-refractivity contribution in [3.63, 3.8) is 0 Å². The Labute approximate surface area is 125 Å². The molecule has 0 aromatic heterocycles. The Morgan fingerprint density at radius 3 is 2.13 bits per heavy atom. The van der Waals surface area contributed by atoms with Gasteiger partial charge in [0, 0.05) is 13.1 Å². The fraction of sp³-hybridized carbons (Fsp3) is 0.583. The van der Waals surface area contributed by atoms with E-state index in [1.165, 1.54) is 0 Å². The lowest BCUT2D eigenvalue weighted by Gasteiger charge is -2.39. The first-order chi connectivity index (χ1) is 10.4. The van der Waals surface area contributed by atoms with Gasteiger partial charge in [0.2, 0.25) is 0 Å². The van der Waals surface area contributed by atoms with Crippen LogP contribution in [0.4, 0.5) is 22.0 Å². The molecule has 128 valence electrons. The summed E-state index contributed by atoms with van der Waals surface area (Å²) >= 11 is 0. The van der Waals surface area contributed by atoms with Crippen molar-refractivity contribution in [2.24, 2.45) is 10.4 Å². The zero-order chi connectivity index (χ0) is 17.7. The normalized spacial score (nSPS) is 28.8. The highest BCUT2D eigenvalue weighted by atomic mass is 19.4. The number of aliphatic carboxylic acids is 2. The van der Waals surface area contributed by atoms with Crippen molar-refractivity contribution >= 4 is 17.7 Å². The van der Waals surface area contributed by atoms with E-state index in [4.69, 9.17) is 5.11 Å². The minimum atomic E-state index is -5.30. The largest absolute Gasteiger partial charge is 0.480 e. The lowest BCUT2D eigenvalue weighted by Crippen LogP contribution is -2.56. The smallest absolute Gasteiger partial charge is 0.433 e. The summed E-state index contributed by atoms with van der Waals surface area (Å²) in [5.41, 5.74) is -7.40. The number of hydrogen-bond acceptors (Lipinski definition) is 4. The van der Waals surface area contributed by atoms with Gasteiger partial charge >= 0.3 is 18.1 Å². The lowest BCUT2D eigenvalue weighted by atomic mass is 9.71. The van der Waals surface area contributed by atoms with Gasteiger partial charge in [-0.15, -0.1) is 0 Å². The standard InChI is InChI=1S/C12H11F5N2O4/c1-11(10(22)23)6(8(13)14)18-5(12(15,16)17)4(9(20)21)7(11)19-2-3-19/h7-8H,2-3H2,1H3,(H,20,21)(H,22,23). The van der Waals surface area contributed by atoms with Gasteiger partial charge in [0.15, 0.2) is 5.70 Å². The van der Waals surface area contributed by atoms with E-state index in [2.05, 4.69) is 4.99 Å². The fourth-order valence-corrected chi connectivity index (χ4v) is 2.66. The maximum absolute atomic E-state index is 13.2. The second kappa shape index (κ2) is 5.25. The number of carboxylic acids is 2. The molecule has 0 aromatic rings. The average molecular weight is 342 g/mol. The van der Waals surface area contributed by atoms with Gasteiger partial charge in [-0.3, -0.25) is 9.69 Å². The first kappa shape index (κ1) is 17.3. The van der Waals surface area contributed by atoms with E-state index in [1.54, 1.807) is 0 Å². The maximum Gasteiger partial charge on any atom is 0.433 e. The molecule has 0 bridgehead atoms. The summed E-state index contributed by atoms with van der Waals surface area (Å²) < 4.78 is 65.5. The molecule has 2 rings (SSSR count). The Kier molecular flexibility index (Phi) is 3.95. The molecule has 0 saturated carbocycles. The molecule has 1 saturated heterocycles. The van der Waals surface area contributed by atoms with Crippen LogP contribution in [0.5, 0.6) is 0 Å². The van der Waals surface area contributed by atoms with E-state index in [0.29, 0.717) is 0 Å². The van der Waals surface area contributed by atoms with E-state index in [0.717, 1.165) is 11.8 Å². The number of carbonyl (C=O) groups is 2. The van der Waals surface area contributed by atoms with Crippen LogP contribution in [0.25, 0.3) is 0 Å². The van der Waals surface area contributed by atoms with Crippen LogP contribution in [0.3, 0.4) is 0 Å². The van der Waals surface area contributed by atoms with Gasteiger partial charge in [0.1, 0.15) is 11.1 Å². The van der Waals surface area contributed by atoms with Crippen LogP contribution in [0.2, 0.25) is 0 Å². The molecule has 0 amide bonds. The number of nitrogens with zero attached hydrogens (tertiary/aromatic N) is 2. The predicted molar refractivity (Wildman–Crippen MR) is 65.3 cm³/mol. The van der Waals surface area contributed by atoms with Crippen LogP contribution < -0.4 is 0 Å². The Morgan fingerprint density at radius 1 is 1.30 bits per heavy atom. The molecular formula is C12H11F5N2O4. The number of aliphatic imine (C=N–C) groups is 1. The average Bonchev–Trinajstić information content (AvgIpc) is 3.19. The highest BCUT2D eigenvalue weighted by Gasteiger charge is 2.61. The molecule has 0 radical (unpaired) electrons. The van der Waals surface area contributed by atoms with Gasteiger partial charge in [0.05, 0.1) is 11.6 Å². The van der Waals surface area contributed by atoms with Crippen LogP contribution in [0.15, 0.2) is 16.3 Å². The van der Waals surface area contributed by atoms with E-state index in [9.17, 15) is 36.6 Å². The third-order valence-corrected chi connectivity index (χ3v) is 3.84. The van der Waals surface area contributed by atoms with Crippen molar-refractivity contribution in [1.82, 2.24) is 4.90 Å². The van der Waals surface area contributed by atoms with E-state index in [-0.39, 0.29) is 13.1 Å². The Hall–Kier alpha value is -2.04. The van der Waals surface area contributed by atoms with Gasteiger partial charge in [0.25, 0.3) is 6.43 Å². The lowest BCUT2D eigenvalue weighted by molar-refractivity contribution is -0.147. The maximum atomic E-state index is 13.2. The van der Waals surface area contributed by atoms with Crippen LogP contribution in [0.1, 0.15) is 6.92 Å². The third-order valence-electron chi connectivity index (χ3n) is 3.84. The quantitative estimate of drug-likeness (QED) is 0.595. The van der Waals surface area contributed by atoms with Gasteiger partial charge in [-0.05, 0) is 6.92 Å².